The van der Waals surface area contributed by atoms with Crippen LogP contribution in [-0.2, 0) is 0 Å². The molecule has 2 aromatic rings. The fraction of sp³-hybridized carbons (Fsp3) is 0.545. The molecule has 36 heavy (non-hydrogen) atoms. The van der Waals surface area contributed by atoms with Crippen LogP contribution in [0.1, 0.15) is 30.9 Å². The number of halogens is 7. The summed E-state index contributed by atoms with van der Waals surface area (Å²) in [4.78, 5) is 28.8. The van der Waals surface area contributed by atoms with Gasteiger partial charge in [-0.05, 0) is 32.1 Å². The number of ether oxygens (including phenoxy) is 1. The molecule has 1 aromatic heterocycles. The Hall–Kier alpha value is -3.03. The number of allylic oxidation sites excluding steroid dienone is 1. The molecule has 14 heteroatoms. The summed E-state index contributed by atoms with van der Waals surface area (Å²) in [6, 6.07) is -1.81. The average molecular weight is 524 g/mol. The maximum absolute atomic E-state index is 15.6. The molecule has 0 amide bonds. The van der Waals surface area contributed by atoms with Gasteiger partial charge in [0.25, 0.3) is 5.56 Å². The van der Waals surface area contributed by atoms with Crippen molar-refractivity contribution in [2.24, 2.45) is 11.7 Å². The van der Waals surface area contributed by atoms with E-state index in [4.69, 9.17) is 10.5 Å². The van der Waals surface area contributed by atoms with Gasteiger partial charge in [0, 0.05) is 30.7 Å². The second kappa shape index (κ2) is 8.82. The first-order valence-electron chi connectivity index (χ1n) is 11.1. The van der Waals surface area contributed by atoms with Crippen LogP contribution in [0.5, 0.6) is 5.75 Å². The highest BCUT2D eigenvalue weighted by molar-refractivity contribution is 5.93. The van der Waals surface area contributed by atoms with E-state index < -0.39 is 52.7 Å². The Morgan fingerprint density at radius 1 is 1.14 bits per heavy atom. The van der Waals surface area contributed by atoms with Crippen molar-refractivity contribution in [3.63, 3.8) is 0 Å². The summed E-state index contributed by atoms with van der Waals surface area (Å²) in [6.07, 6.45) is -9.88. The quantitative estimate of drug-likeness (QED) is 0.460. The van der Waals surface area contributed by atoms with E-state index in [1.165, 1.54) is 16.4 Å². The molecule has 4 rings (SSSR count). The summed E-state index contributed by atoms with van der Waals surface area (Å²) in [7, 11) is 1.15. The first-order chi connectivity index (χ1) is 16.7. The highest BCUT2D eigenvalue weighted by Crippen LogP contribution is 2.44. The van der Waals surface area contributed by atoms with Gasteiger partial charge in [0.15, 0.2) is 11.6 Å². The smallest absolute Gasteiger partial charge is 0.421 e. The molecule has 2 aliphatic rings. The van der Waals surface area contributed by atoms with Gasteiger partial charge in [0.1, 0.15) is 11.0 Å². The number of fused-ring (bicyclic) bond motifs is 1. The maximum atomic E-state index is 15.6. The number of hydrogen-bond acceptors (Lipinski definition) is 5. The van der Waals surface area contributed by atoms with E-state index in [1.807, 2.05) is 0 Å². The Labute approximate surface area is 199 Å². The van der Waals surface area contributed by atoms with Crippen LogP contribution in [0, 0.1) is 18.7 Å². The molecule has 0 bridgehead atoms. The highest BCUT2D eigenvalue weighted by atomic mass is 19.4. The molecular weight excluding hydrogens is 501 g/mol. The number of nitrogens with zero attached hydrogens (tertiary/aromatic N) is 2. The maximum Gasteiger partial charge on any atom is 0.421 e. The van der Waals surface area contributed by atoms with E-state index in [0.29, 0.717) is 12.8 Å². The molecule has 2 atom stereocenters. The van der Waals surface area contributed by atoms with Crippen LogP contribution in [0.15, 0.2) is 21.2 Å². The molecule has 1 aliphatic heterocycles. The summed E-state index contributed by atoms with van der Waals surface area (Å²) in [5.41, 5.74) is 1.89. The van der Waals surface area contributed by atoms with Gasteiger partial charge in [-0.25, -0.2) is 9.18 Å². The number of H-pyrrole nitrogens is 1. The Bertz CT molecular complexity index is 1320. The summed E-state index contributed by atoms with van der Waals surface area (Å²) in [5.74, 6) is -2.19. The van der Waals surface area contributed by atoms with Crippen LogP contribution < -0.4 is 26.6 Å². The Kier molecular flexibility index (Phi) is 6.38. The first-order valence-corrected chi connectivity index (χ1v) is 11.1. The van der Waals surface area contributed by atoms with Crippen molar-refractivity contribution < 1.29 is 35.5 Å². The van der Waals surface area contributed by atoms with Crippen molar-refractivity contribution in [2.75, 3.05) is 25.1 Å². The molecule has 1 saturated heterocycles. The molecule has 198 valence electrons. The second-order valence-electron chi connectivity index (χ2n) is 9.05. The molecular formula is C22H23F7N4O3. The molecule has 0 radical (unpaired) electrons. The number of benzene rings is 1. The zero-order valence-corrected chi connectivity index (χ0v) is 19.2. The van der Waals surface area contributed by atoms with Crippen LogP contribution in [0.25, 0.3) is 10.9 Å². The Morgan fingerprint density at radius 2 is 1.75 bits per heavy atom. The highest BCUT2D eigenvalue weighted by Gasteiger charge is 2.51. The van der Waals surface area contributed by atoms with Crippen LogP contribution in [0.3, 0.4) is 0 Å². The average Bonchev–Trinajstić information content (AvgIpc) is 3.47. The van der Waals surface area contributed by atoms with Gasteiger partial charge in [-0.1, -0.05) is 6.08 Å². The van der Waals surface area contributed by atoms with Gasteiger partial charge >= 0.3 is 18.0 Å². The lowest BCUT2D eigenvalue weighted by molar-refractivity contribution is -0.172. The van der Waals surface area contributed by atoms with Crippen molar-refractivity contribution in [2.45, 2.75) is 50.6 Å². The summed E-state index contributed by atoms with van der Waals surface area (Å²) >= 11 is 0. The predicted octanol–water partition coefficient (Wildman–Crippen LogP) is 3.69. The second-order valence-corrected chi connectivity index (χ2v) is 9.05. The van der Waals surface area contributed by atoms with E-state index in [-0.39, 0.29) is 53.8 Å². The summed E-state index contributed by atoms with van der Waals surface area (Å²) in [6.45, 7) is 1.42. The minimum Gasteiger partial charge on any atom is -0.493 e. The van der Waals surface area contributed by atoms with E-state index in [1.54, 1.807) is 0 Å². The van der Waals surface area contributed by atoms with Crippen molar-refractivity contribution in [3.8, 4) is 5.75 Å². The third-order valence-electron chi connectivity index (χ3n) is 6.66. The number of nitrogens with one attached hydrogen (secondary N) is 1. The number of anilines is 1. The van der Waals surface area contributed by atoms with Crippen molar-refractivity contribution in [3.05, 3.63) is 43.9 Å². The van der Waals surface area contributed by atoms with Crippen molar-refractivity contribution in [1.82, 2.24) is 9.55 Å². The number of hydrogen-bond donors (Lipinski definition) is 2. The molecule has 0 spiro atoms. The Morgan fingerprint density at radius 3 is 2.28 bits per heavy atom. The lowest BCUT2D eigenvalue weighted by atomic mass is 9.97. The number of nitrogens with two attached hydrogens (primary N) is 1. The fourth-order valence-electron chi connectivity index (χ4n) is 4.85. The zero-order chi connectivity index (χ0) is 26.7. The molecule has 1 saturated carbocycles. The molecule has 2 fully saturated rings. The number of alkyl halides is 6. The molecule has 2 unspecified atom stereocenters. The topological polar surface area (TPSA) is 93.3 Å². The van der Waals surface area contributed by atoms with Crippen LogP contribution in [0.2, 0.25) is 0 Å². The SMILES string of the molecule is COc1c(F)c(N2CCC(C(N)C=C(C(F)(F)F)C(F)(F)F)C2)c(C)c2c1c(=O)[nH]c(=O)n2C1CC1. The minimum absolute atomic E-state index is 0.0390. The van der Waals surface area contributed by atoms with Gasteiger partial charge in [0.05, 0.1) is 18.3 Å². The zero-order valence-electron chi connectivity index (χ0n) is 19.2. The standard InChI is InChI=1S/C22H23F7N4O3/c1-9-16-14(19(34)31-20(35)33(16)11-3-4-11)18(36-2)15(23)17(9)32-6-5-10(8-32)12(30)7-13(21(24,25)26)22(27,28)29/h7,10-12H,3-6,8,30H2,1-2H3,(H,31,34,35). The first kappa shape index (κ1) is 26.0. The lowest BCUT2D eigenvalue weighted by Crippen LogP contribution is -2.35. The molecule has 2 heterocycles. The number of aromatic amines is 1. The fourth-order valence-corrected chi connectivity index (χ4v) is 4.85. The van der Waals surface area contributed by atoms with Gasteiger partial charge in [-0.15, -0.1) is 0 Å². The monoisotopic (exact) mass is 524 g/mol. The van der Waals surface area contributed by atoms with Crippen molar-refractivity contribution >= 4 is 16.6 Å². The summed E-state index contributed by atoms with van der Waals surface area (Å²) in [5, 5.41) is -0.155. The molecule has 1 aromatic carbocycles. The van der Waals surface area contributed by atoms with Crippen LogP contribution in [-0.4, -0.2) is 48.1 Å². The van der Waals surface area contributed by atoms with Gasteiger partial charge in [-0.2, -0.15) is 26.3 Å². The normalized spacial score (nSPS) is 19.6. The predicted molar refractivity (Wildman–Crippen MR) is 117 cm³/mol. The number of aryl methyl sites for hydroxylation is 1. The number of methoxy groups -OCH3 is 1. The van der Waals surface area contributed by atoms with Gasteiger partial charge in [-0.3, -0.25) is 14.3 Å². The summed E-state index contributed by atoms with van der Waals surface area (Å²) < 4.78 is 99.8. The number of aromatic nitrogens is 2. The van der Waals surface area contributed by atoms with Crippen molar-refractivity contribution in [1.29, 1.82) is 0 Å². The largest absolute Gasteiger partial charge is 0.493 e. The molecule has 7 nitrogen and oxygen atoms in total. The van der Waals surface area contributed by atoms with E-state index in [9.17, 15) is 35.9 Å². The Balaban J connectivity index is 1.78. The van der Waals surface area contributed by atoms with Crippen LogP contribution in [0.4, 0.5) is 36.4 Å². The van der Waals surface area contributed by atoms with Gasteiger partial charge < -0.3 is 15.4 Å². The van der Waals surface area contributed by atoms with Gasteiger partial charge in [0.2, 0.25) is 0 Å². The number of rotatable bonds is 5. The lowest BCUT2D eigenvalue weighted by Gasteiger charge is -2.26. The molecule has 1 aliphatic carbocycles. The van der Waals surface area contributed by atoms with E-state index in [0.717, 1.165) is 7.11 Å². The third kappa shape index (κ3) is 4.46. The molecule has 3 N–H and O–H groups in total. The minimum atomic E-state index is -5.64. The van der Waals surface area contributed by atoms with E-state index >= 15 is 4.39 Å². The van der Waals surface area contributed by atoms with Crippen LogP contribution >= 0.6 is 0 Å². The van der Waals surface area contributed by atoms with E-state index in [2.05, 4.69) is 4.98 Å². The third-order valence-corrected chi connectivity index (χ3v) is 6.66.